The molecule has 10 heteroatoms. The van der Waals surface area contributed by atoms with Crippen LogP contribution in [-0.2, 0) is 21.2 Å². The normalized spacial score (nSPS) is 16.1. The Morgan fingerprint density at radius 1 is 1.05 bits per heavy atom. The fourth-order valence-corrected chi connectivity index (χ4v) is 4.95. The standard InChI is InChI=1S/C27H36FN3O5S/c1-27(2,3)36-26(33)29-24(17-19-5-11-23(12-6-19)30-37(4,34)35)18-31-15-13-21(14-16-31)25(32)20-7-9-22(28)10-8-20/h5-12,21,24,30H,13-18H2,1-4H3,(H,29,33)/t24-/m1/s1. The van der Waals surface area contributed by atoms with Gasteiger partial charge in [-0.3, -0.25) is 9.52 Å². The lowest BCUT2D eigenvalue weighted by molar-refractivity contribution is 0.0485. The molecule has 0 aliphatic carbocycles. The van der Waals surface area contributed by atoms with Crippen molar-refractivity contribution < 1.29 is 27.1 Å². The van der Waals surface area contributed by atoms with Gasteiger partial charge in [-0.25, -0.2) is 17.6 Å². The number of sulfonamides is 1. The maximum Gasteiger partial charge on any atom is 0.407 e. The number of piperidine rings is 1. The maximum absolute atomic E-state index is 13.2. The predicted molar refractivity (Wildman–Crippen MR) is 142 cm³/mol. The molecule has 2 aromatic rings. The number of hydrogen-bond donors (Lipinski definition) is 2. The second-order valence-corrected chi connectivity index (χ2v) is 12.3. The number of alkyl carbamates (subject to hydrolysis) is 1. The molecule has 3 rings (SSSR count). The number of ketones is 1. The van der Waals surface area contributed by atoms with E-state index in [1.807, 2.05) is 12.1 Å². The monoisotopic (exact) mass is 533 g/mol. The molecule has 1 saturated heterocycles. The van der Waals surface area contributed by atoms with Crippen molar-refractivity contribution in [2.24, 2.45) is 5.92 Å². The molecule has 8 nitrogen and oxygen atoms in total. The third-order valence-electron chi connectivity index (χ3n) is 6.03. The molecule has 1 amide bonds. The molecule has 0 bridgehead atoms. The van der Waals surface area contributed by atoms with Crippen LogP contribution in [0.1, 0.15) is 49.5 Å². The van der Waals surface area contributed by atoms with Crippen molar-refractivity contribution in [1.82, 2.24) is 10.2 Å². The molecule has 1 fully saturated rings. The summed E-state index contributed by atoms with van der Waals surface area (Å²) in [5.74, 6) is -0.448. The van der Waals surface area contributed by atoms with Crippen molar-refractivity contribution in [2.45, 2.75) is 51.7 Å². The smallest absolute Gasteiger partial charge is 0.407 e. The number of benzene rings is 2. The number of ether oxygens (including phenoxy) is 1. The molecule has 202 valence electrons. The summed E-state index contributed by atoms with van der Waals surface area (Å²) >= 11 is 0. The molecule has 0 spiro atoms. The molecule has 0 unspecified atom stereocenters. The van der Waals surface area contributed by atoms with E-state index < -0.39 is 21.7 Å². The van der Waals surface area contributed by atoms with Crippen LogP contribution in [0.15, 0.2) is 48.5 Å². The van der Waals surface area contributed by atoms with Crippen LogP contribution in [0.5, 0.6) is 0 Å². The number of likely N-dealkylation sites (tertiary alicyclic amines) is 1. The van der Waals surface area contributed by atoms with Crippen molar-refractivity contribution in [1.29, 1.82) is 0 Å². The average Bonchev–Trinajstić information content (AvgIpc) is 2.78. The van der Waals surface area contributed by atoms with Crippen LogP contribution in [0.4, 0.5) is 14.9 Å². The SMILES string of the molecule is CC(C)(C)OC(=O)N[C@H](Cc1ccc(NS(C)(=O)=O)cc1)CN1CCC(C(=O)c2ccc(F)cc2)CC1. The summed E-state index contributed by atoms with van der Waals surface area (Å²) in [6.45, 7) is 7.37. The van der Waals surface area contributed by atoms with Crippen LogP contribution in [0, 0.1) is 11.7 Å². The number of carbonyl (C=O) groups excluding carboxylic acids is 2. The molecule has 0 aromatic heterocycles. The van der Waals surface area contributed by atoms with Crippen LogP contribution in [0.3, 0.4) is 0 Å². The van der Waals surface area contributed by atoms with E-state index in [9.17, 15) is 22.4 Å². The second kappa shape index (κ2) is 12.0. The summed E-state index contributed by atoms with van der Waals surface area (Å²) < 4.78 is 44.0. The first kappa shape index (κ1) is 28.6. The van der Waals surface area contributed by atoms with Crippen molar-refractivity contribution in [2.75, 3.05) is 30.6 Å². The van der Waals surface area contributed by atoms with E-state index in [1.54, 1.807) is 32.9 Å². The molecule has 0 radical (unpaired) electrons. The first-order valence-electron chi connectivity index (χ1n) is 12.4. The van der Waals surface area contributed by atoms with Gasteiger partial charge in [0.2, 0.25) is 10.0 Å². The lowest BCUT2D eigenvalue weighted by Gasteiger charge is -2.34. The molecule has 37 heavy (non-hydrogen) atoms. The van der Waals surface area contributed by atoms with Crippen LogP contribution < -0.4 is 10.0 Å². The van der Waals surface area contributed by atoms with Gasteiger partial charge in [-0.1, -0.05) is 12.1 Å². The van der Waals surface area contributed by atoms with E-state index in [-0.39, 0.29) is 23.6 Å². The van der Waals surface area contributed by atoms with E-state index in [4.69, 9.17) is 4.74 Å². The third kappa shape index (κ3) is 9.77. The van der Waals surface area contributed by atoms with Crippen LogP contribution >= 0.6 is 0 Å². The highest BCUT2D eigenvalue weighted by Gasteiger charge is 2.28. The second-order valence-electron chi connectivity index (χ2n) is 10.6. The van der Waals surface area contributed by atoms with Gasteiger partial charge in [0.05, 0.1) is 6.26 Å². The van der Waals surface area contributed by atoms with Crippen molar-refractivity contribution >= 4 is 27.6 Å². The van der Waals surface area contributed by atoms with Gasteiger partial charge in [0.25, 0.3) is 0 Å². The minimum atomic E-state index is -3.37. The molecule has 1 aliphatic rings. The summed E-state index contributed by atoms with van der Waals surface area (Å²) in [6, 6.07) is 12.4. The number of nitrogens with zero attached hydrogens (tertiary/aromatic N) is 1. The number of Topliss-reactive ketones (excluding diaryl/α,β-unsaturated/α-hetero) is 1. The lowest BCUT2D eigenvalue weighted by Crippen LogP contribution is -2.48. The van der Waals surface area contributed by atoms with Crippen LogP contribution in [0.2, 0.25) is 0 Å². The zero-order valence-corrected chi connectivity index (χ0v) is 22.6. The minimum Gasteiger partial charge on any atom is -0.444 e. The zero-order valence-electron chi connectivity index (χ0n) is 21.8. The number of halogens is 1. The van der Waals surface area contributed by atoms with Gasteiger partial charge in [0.15, 0.2) is 5.78 Å². The van der Waals surface area contributed by atoms with Crippen molar-refractivity contribution in [3.63, 3.8) is 0 Å². The number of carbonyl (C=O) groups is 2. The number of rotatable bonds is 9. The largest absolute Gasteiger partial charge is 0.444 e. The van der Waals surface area contributed by atoms with E-state index in [0.717, 1.165) is 11.8 Å². The Balaban J connectivity index is 1.62. The van der Waals surface area contributed by atoms with Crippen LogP contribution in [-0.4, -0.2) is 62.7 Å². The highest BCUT2D eigenvalue weighted by molar-refractivity contribution is 7.92. The summed E-state index contributed by atoms with van der Waals surface area (Å²) in [4.78, 5) is 27.6. The Hall–Kier alpha value is -2.98. The molecule has 1 heterocycles. The van der Waals surface area contributed by atoms with Crippen molar-refractivity contribution in [3.8, 4) is 0 Å². The van der Waals surface area contributed by atoms with Gasteiger partial charge in [0.1, 0.15) is 11.4 Å². The summed E-state index contributed by atoms with van der Waals surface area (Å²) in [6.07, 6.45) is 2.47. The zero-order chi connectivity index (χ0) is 27.2. The van der Waals surface area contributed by atoms with Gasteiger partial charge >= 0.3 is 6.09 Å². The molecule has 2 aromatic carbocycles. The molecule has 1 atom stereocenters. The highest BCUT2D eigenvalue weighted by atomic mass is 32.2. The first-order chi connectivity index (χ1) is 17.3. The van der Waals surface area contributed by atoms with Crippen molar-refractivity contribution in [3.05, 3.63) is 65.5 Å². The lowest BCUT2D eigenvalue weighted by atomic mass is 9.88. The maximum atomic E-state index is 13.2. The fourth-order valence-electron chi connectivity index (χ4n) is 4.38. The van der Waals surface area contributed by atoms with Gasteiger partial charge in [-0.2, -0.15) is 0 Å². The summed E-state index contributed by atoms with van der Waals surface area (Å²) in [5, 5.41) is 2.97. The van der Waals surface area contributed by atoms with Gasteiger partial charge in [-0.05, 0) is 95.1 Å². The molecule has 2 N–H and O–H groups in total. The summed E-state index contributed by atoms with van der Waals surface area (Å²) in [5.41, 5.74) is 1.29. The molecule has 0 saturated carbocycles. The van der Waals surface area contributed by atoms with Gasteiger partial charge in [-0.15, -0.1) is 0 Å². The number of nitrogens with one attached hydrogen (secondary N) is 2. The Kier molecular flexibility index (Phi) is 9.31. The molecular weight excluding hydrogens is 497 g/mol. The van der Waals surface area contributed by atoms with Crippen LogP contribution in [0.25, 0.3) is 0 Å². The van der Waals surface area contributed by atoms with E-state index in [1.165, 1.54) is 24.3 Å². The predicted octanol–water partition coefficient (Wildman–Crippen LogP) is 4.23. The van der Waals surface area contributed by atoms with Gasteiger partial charge < -0.3 is 15.0 Å². The van der Waals surface area contributed by atoms with E-state index in [0.29, 0.717) is 50.1 Å². The topological polar surface area (TPSA) is 105 Å². The van der Waals surface area contributed by atoms with Gasteiger partial charge in [0, 0.05) is 29.8 Å². The van der Waals surface area contributed by atoms with E-state index in [2.05, 4.69) is 14.9 Å². The highest BCUT2D eigenvalue weighted by Crippen LogP contribution is 2.23. The first-order valence-corrected chi connectivity index (χ1v) is 14.2. The average molecular weight is 534 g/mol. The minimum absolute atomic E-state index is 0.0332. The molecule has 1 aliphatic heterocycles. The Morgan fingerprint density at radius 2 is 1.65 bits per heavy atom. The number of anilines is 1. The Labute approximate surface area is 218 Å². The fraction of sp³-hybridized carbons (Fsp3) is 0.481. The Morgan fingerprint density at radius 3 is 2.19 bits per heavy atom. The third-order valence-corrected chi connectivity index (χ3v) is 6.63. The van der Waals surface area contributed by atoms with E-state index >= 15 is 0 Å². The number of hydrogen-bond acceptors (Lipinski definition) is 6. The summed E-state index contributed by atoms with van der Waals surface area (Å²) in [7, 11) is -3.37. The quantitative estimate of drug-likeness (QED) is 0.468. The number of amides is 1. The molecular formula is C27H36FN3O5S. The Bertz CT molecular complexity index is 1170.